The summed E-state index contributed by atoms with van der Waals surface area (Å²) in [4.78, 5) is 26.9. The molecular weight excluding hydrogens is 497 g/mol. The normalized spacial score (nSPS) is 18.3. The number of rotatable bonds is 6. The fourth-order valence-corrected chi connectivity index (χ4v) is 5.21. The lowest BCUT2D eigenvalue weighted by atomic mass is 9.97. The van der Waals surface area contributed by atoms with E-state index >= 15 is 0 Å². The third-order valence-corrected chi connectivity index (χ3v) is 7.08. The molecule has 2 aliphatic rings. The molecule has 10 heteroatoms. The van der Waals surface area contributed by atoms with E-state index in [0.717, 1.165) is 60.0 Å². The van der Waals surface area contributed by atoms with Gasteiger partial charge in [-0.05, 0) is 56.0 Å². The molecule has 5 nitrogen and oxygen atoms in total. The van der Waals surface area contributed by atoms with Crippen molar-refractivity contribution < 1.29 is 27.5 Å². The Morgan fingerprint density at radius 2 is 1.89 bits per heavy atom. The maximum Gasteiger partial charge on any atom is 0.416 e. The highest BCUT2D eigenvalue weighted by atomic mass is 32.2. The Morgan fingerprint density at radius 3 is 2.63 bits per heavy atom. The molecule has 1 aliphatic heterocycles. The first-order valence-corrected chi connectivity index (χ1v) is 12.4. The number of ether oxygens (including phenoxy) is 1. The van der Waals surface area contributed by atoms with Gasteiger partial charge in [0.05, 0.1) is 16.6 Å². The number of nitrogens with one attached hydrogen (secondary N) is 1. The molecule has 0 atom stereocenters. The molecule has 0 bridgehead atoms. The highest BCUT2D eigenvalue weighted by Crippen LogP contribution is 2.35. The van der Waals surface area contributed by atoms with E-state index in [0.29, 0.717) is 10.7 Å². The van der Waals surface area contributed by atoms with Crippen molar-refractivity contribution in [1.82, 2.24) is 4.90 Å². The number of carbonyl (C=O) groups is 2. The summed E-state index contributed by atoms with van der Waals surface area (Å²) in [6.07, 6.45) is 2.79. The molecule has 2 fully saturated rings. The minimum atomic E-state index is -4.53. The van der Waals surface area contributed by atoms with Crippen LogP contribution in [0.3, 0.4) is 0 Å². The first-order valence-electron chi connectivity index (χ1n) is 11.2. The predicted molar refractivity (Wildman–Crippen MR) is 134 cm³/mol. The third kappa shape index (κ3) is 6.43. The van der Waals surface area contributed by atoms with Gasteiger partial charge in [-0.2, -0.15) is 13.2 Å². The zero-order valence-corrected chi connectivity index (χ0v) is 20.3. The molecule has 1 saturated heterocycles. The van der Waals surface area contributed by atoms with Gasteiger partial charge in [-0.15, -0.1) is 0 Å². The SMILES string of the molecule is O=C(CN1C(=O)/C(=C/c2ccccc2OC2CCCCC2)SC1=S)Nc1cccc(C(F)(F)F)c1. The molecule has 35 heavy (non-hydrogen) atoms. The maximum atomic E-state index is 13.0. The number of hydrogen-bond acceptors (Lipinski definition) is 5. The molecule has 1 heterocycles. The third-order valence-electron chi connectivity index (χ3n) is 5.70. The van der Waals surface area contributed by atoms with Crippen LogP contribution in [0.5, 0.6) is 5.75 Å². The minimum Gasteiger partial charge on any atom is -0.490 e. The smallest absolute Gasteiger partial charge is 0.416 e. The Hall–Kier alpha value is -2.85. The topological polar surface area (TPSA) is 58.6 Å². The van der Waals surface area contributed by atoms with Crippen LogP contribution in [0.15, 0.2) is 53.4 Å². The summed E-state index contributed by atoms with van der Waals surface area (Å²) >= 11 is 6.36. The molecule has 0 spiro atoms. The quantitative estimate of drug-likeness (QED) is 0.360. The molecular formula is C25H23F3N2O3S2. The van der Waals surface area contributed by atoms with Gasteiger partial charge in [0.2, 0.25) is 5.91 Å². The number of nitrogens with zero attached hydrogens (tertiary/aromatic N) is 1. The van der Waals surface area contributed by atoms with Gasteiger partial charge in [0.1, 0.15) is 16.6 Å². The Morgan fingerprint density at radius 1 is 1.14 bits per heavy atom. The van der Waals surface area contributed by atoms with Gasteiger partial charge < -0.3 is 10.1 Å². The molecule has 184 valence electrons. The van der Waals surface area contributed by atoms with Gasteiger partial charge in [-0.25, -0.2) is 0 Å². The predicted octanol–water partition coefficient (Wildman–Crippen LogP) is 6.26. The number of benzene rings is 2. The molecule has 2 aromatic carbocycles. The van der Waals surface area contributed by atoms with Crippen LogP contribution in [0, 0.1) is 0 Å². The van der Waals surface area contributed by atoms with Crippen molar-refractivity contribution in [3.8, 4) is 5.75 Å². The fraction of sp³-hybridized carbons (Fsp3) is 0.320. The van der Waals surface area contributed by atoms with Crippen LogP contribution in [0.4, 0.5) is 18.9 Å². The number of carbonyl (C=O) groups excluding carboxylic acids is 2. The van der Waals surface area contributed by atoms with Gasteiger partial charge in [0.25, 0.3) is 5.91 Å². The van der Waals surface area contributed by atoms with Crippen LogP contribution in [0.25, 0.3) is 6.08 Å². The standard InChI is InChI=1S/C25H23F3N2O3S2/c26-25(27,28)17-8-6-9-18(14-17)29-22(31)15-30-23(32)21(35-24(30)34)13-16-7-4-5-12-20(16)33-19-10-2-1-3-11-19/h4-9,12-14,19H,1-3,10-11,15H2,(H,29,31)/b21-13-. The van der Waals surface area contributed by atoms with Crippen LogP contribution in [-0.4, -0.2) is 33.7 Å². The van der Waals surface area contributed by atoms with Crippen LogP contribution in [-0.2, 0) is 15.8 Å². The number of hydrogen-bond donors (Lipinski definition) is 1. The average Bonchev–Trinajstić information content (AvgIpc) is 3.08. The Labute approximate surface area is 210 Å². The average molecular weight is 521 g/mol. The van der Waals surface area contributed by atoms with Crippen molar-refractivity contribution in [2.24, 2.45) is 0 Å². The molecule has 4 rings (SSSR count). The van der Waals surface area contributed by atoms with E-state index in [-0.39, 0.29) is 16.1 Å². The van der Waals surface area contributed by atoms with Gasteiger partial charge in [-0.1, -0.05) is 54.7 Å². The summed E-state index contributed by atoms with van der Waals surface area (Å²) in [6, 6.07) is 11.7. The lowest BCUT2D eigenvalue weighted by Gasteiger charge is -2.23. The molecule has 1 N–H and O–H groups in total. The zero-order valence-electron chi connectivity index (χ0n) is 18.6. The van der Waals surface area contributed by atoms with Crippen molar-refractivity contribution in [3.63, 3.8) is 0 Å². The molecule has 2 amide bonds. The van der Waals surface area contributed by atoms with E-state index in [1.54, 1.807) is 6.08 Å². The number of alkyl halides is 3. The highest BCUT2D eigenvalue weighted by Gasteiger charge is 2.34. The van der Waals surface area contributed by atoms with Gasteiger partial charge in [0, 0.05) is 11.3 Å². The Kier molecular flexibility index (Phi) is 7.81. The largest absolute Gasteiger partial charge is 0.490 e. The zero-order chi connectivity index (χ0) is 25.0. The van der Waals surface area contributed by atoms with Crippen molar-refractivity contribution >= 4 is 51.9 Å². The molecule has 1 saturated carbocycles. The molecule has 1 aliphatic carbocycles. The van der Waals surface area contributed by atoms with Crippen molar-refractivity contribution in [1.29, 1.82) is 0 Å². The summed E-state index contributed by atoms with van der Waals surface area (Å²) < 4.78 is 45.1. The van der Waals surface area contributed by atoms with E-state index in [9.17, 15) is 22.8 Å². The molecule has 0 radical (unpaired) electrons. The molecule has 2 aromatic rings. The summed E-state index contributed by atoms with van der Waals surface area (Å²) in [6.45, 7) is -0.404. The highest BCUT2D eigenvalue weighted by molar-refractivity contribution is 8.26. The minimum absolute atomic E-state index is 0.0143. The summed E-state index contributed by atoms with van der Waals surface area (Å²) in [7, 11) is 0. The second-order valence-electron chi connectivity index (χ2n) is 8.31. The van der Waals surface area contributed by atoms with Gasteiger partial charge in [-0.3, -0.25) is 14.5 Å². The number of anilines is 1. The van der Waals surface area contributed by atoms with E-state index in [1.165, 1.54) is 18.6 Å². The molecule has 0 unspecified atom stereocenters. The van der Waals surface area contributed by atoms with E-state index in [2.05, 4.69) is 5.32 Å². The number of thiocarbonyl (C=S) groups is 1. The second-order valence-corrected chi connectivity index (χ2v) is 9.99. The summed E-state index contributed by atoms with van der Waals surface area (Å²) in [5.74, 6) is -0.401. The van der Waals surface area contributed by atoms with Crippen LogP contribution in [0.1, 0.15) is 43.2 Å². The Bertz CT molecular complexity index is 1160. The molecule has 0 aromatic heterocycles. The maximum absolute atomic E-state index is 13.0. The number of para-hydroxylation sites is 1. The summed E-state index contributed by atoms with van der Waals surface area (Å²) in [5, 5.41) is 2.40. The number of amides is 2. The lowest BCUT2D eigenvalue weighted by Crippen LogP contribution is -2.36. The van der Waals surface area contributed by atoms with Gasteiger partial charge in [0.15, 0.2) is 0 Å². The monoisotopic (exact) mass is 520 g/mol. The van der Waals surface area contributed by atoms with E-state index in [4.69, 9.17) is 17.0 Å². The first kappa shape index (κ1) is 25.2. The first-order chi connectivity index (χ1) is 16.7. The Balaban J connectivity index is 1.44. The van der Waals surface area contributed by atoms with Crippen LogP contribution < -0.4 is 10.1 Å². The fourth-order valence-electron chi connectivity index (χ4n) is 3.96. The van der Waals surface area contributed by atoms with Crippen LogP contribution >= 0.6 is 24.0 Å². The number of halogens is 3. The summed E-state index contributed by atoms with van der Waals surface area (Å²) in [5.41, 5.74) is -0.149. The lowest BCUT2D eigenvalue weighted by molar-refractivity contribution is -0.137. The van der Waals surface area contributed by atoms with E-state index in [1.807, 2.05) is 24.3 Å². The van der Waals surface area contributed by atoms with Crippen LogP contribution in [0.2, 0.25) is 0 Å². The van der Waals surface area contributed by atoms with Gasteiger partial charge >= 0.3 is 6.18 Å². The second kappa shape index (κ2) is 10.8. The van der Waals surface area contributed by atoms with Crippen molar-refractivity contribution in [3.05, 3.63) is 64.6 Å². The number of thioether (sulfide) groups is 1. The van der Waals surface area contributed by atoms with Crippen molar-refractivity contribution in [2.45, 2.75) is 44.4 Å². The van der Waals surface area contributed by atoms with Crippen molar-refractivity contribution in [2.75, 3.05) is 11.9 Å². The van der Waals surface area contributed by atoms with E-state index < -0.39 is 30.1 Å².